The lowest BCUT2D eigenvalue weighted by Crippen LogP contribution is -2.21. The molecule has 17 heavy (non-hydrogen) atoms. The lowest BCUT2D eigenvalue weighted by atomic mass is 10.2. The fraction of sp³-hybridized carbons (Fsp3) is 0.455. The summed E-state index contributed by atoms with van der Waals surface area (Å²) in [7, 11) is 0. The first-order valence-corrected chi connectivity index (χ1v) is 7.06. The number of carboxylic acid groups (broad SMARTS) is 1. The van der Waals surface area contributed by atoms with Crippen molar-refractivity contribution in [1.82, 2.24) is 4.98 Å². The van der Waals surface area contributed by atoms with E-state index in [9.17, 15) is 4.79 Å². The van der Waals surface area contributed by atoms with Crippen LogP contribution in [0.1, 0.15) is 12.8 Å². The van der Waals surface area contributed by atoms with Gasteiger partial charge in [0.15, 0.2) is 6.10 Å². The first-order chi connectivity index (χ1) is 8.16. The lowest BCUT2D eigenvalue weighted by molar-refractivity contribution is -0.148. The summed E-state index contributed by atoms with van der Waals surface area (Å²) < 4.78 is 6.38. The van der Waals surface area contributed by atoms with Gasteiger partial charge in [0.2, 0.25) is 0 Å². The zero-order valence-corrected chi connectivity index (χ0v) is 11.4. The summed E-state index contributed by atoms with van der Waals surface area (Å²) in [6.07, 6.45) is 2.52. The highest BCUT2D eigenvalue weighted by molar-refractivity contribution is 9.10. The number of carboxylic acids is 1. The molecule has 2 atom stereocenters. The highest BCUT2D eigenvalue weighted by Crippen LogP contribution is 2.29. The molecule has 0 radical (unpaired) electrons. The number of carbonyl (C=O) groups is 1. The quantitative estimate of drug-likeness (QED) is 0.865. The minimum atomic E-state index is -0.864. The van der Waals surface area contributed by atoms with Crippen LogP contribution in [0.2, 0.25) is 0 Å². The van der Waals surface area contributed by atoms with E-state index in [0.717, 1.165) is 21.7 Å². The van der Waals surface area contributed by atoms with Crippen LogP contribution in [-0.2, 0) is 9.53 Å². The van der Waals surface area contributed by atoms with Crippen molar-refractivity contribution in [3.63, 3.8) is 0 Å². The largest absolute Gasteiger partial charge is 0.479 e. The number of rotatable bonds is 4. The Hall–Kier alpha value is -0.590. The molecule has 0 amide bonds. The molecule has 4 nitrogen and oxygen atoms in total. The molecule has 1 fully saturated rings. The fourth-order valence-electron chi connectivity index (χ4n) is 1.66. The van der Waals surface area contributed by atoms with Gasteiger partial charge in [-0.2, -0.15) is 0 Å². The number of nitrogens with zero attached hydrogens (tertiary/aromatic N) is 1. The summed E-state index contributed by atoms with van der Waals surface area (Å²) in [6.45, 7) is 0. The number of thioether (sulfide) groups is 1. The maximum absolute atomic E-state index is 10.7. The molecule has 92 valence electrons. The second-order valence-corrected chi connectivity index (χ2v) is 5.63. The molecular formula is C11H12BrNO3S. The molecule has 1 N–H and O–H groups in total. The summed E-state index contributed by atoms with van der Waals surface area (Å²) in [5.41, 5.74) is 0. The molecule has 2 rings (SSSR count). The van der Waals surface area contributed by atoms with Crippen molar-refractivity contribution >= 4 is 33.7 Å². The average Bonchev–Trinajstić information content (AvgIpc) is 2.77. The van der Waals surface area contributed by atoms with Gasteiger partial charge < -0.3 is 9.84 Å². The number of ether oxygens (including phenoxy) is 1. The molecule has 0 saturated carbocycles. The van der Waals surface area contributed by atoms with Crippen LogP contribution in [0.5, 0.6) is 0 Å². The van der Waals surface area contributed by atoms with Crippen LogP contribution >= 0.6 is 27.7 Å². The van der Waals surface area contributed by atoms with Gasteiger partial charge in [-0.15, -0.1) is 11.8 Å². The van der Waals surface area contributed by atoms with E-state index in [1.165, 1.54) is 0 Å². The smallest absolute Gasteiger partial charge is 0.332 e. The molecule has 1 aliphatic heterocycles. The van der Waals surface area contributed by atoms with E-state index in [0.29, 0.717) is 6.42 Å². The van der Waals surface area contributed by atoms with Crippen LogP contribution in [0.3, 0.4) is 0 Å². The third kappa shape index (κ3) is 3.43. The second-order valence-electron chi connectivity index (χ2n) is 3.76. The zero-order chi connectivity index (χ0) is 12.3. The standard InChI is InChI=1S/C11H12BrNO3S/c12-8-2-1-5-13-10(8)17-6-7-3-4-9(16-7)11(14)15/h1-2,5,7,9H,3-4,6H2,(H,14,15). The Labute approximate surface area is 112 Å². The van der Waals surface area contributed by atoms with Crippen molar-refractivity contribution in [1.29, 1.82) is 0 Å². The van der Waals surface area contributed by atoms with Crippen LogP contribution in [0.4, 0.5) is 0 Å². The number of pyridine rings is 1. The summed E-state index contributed by atoms with van der Waals surface area (Å²) in [6, 6.07) is 3.80. The van der Waals surface area contributed by atoms with Gasteiger partial charge in [-0.3, -0.25) is 0 Å². The molecule has 0 spiro atoms. The number of halogens is 1. The number of hydrogen-bond acceptors (Lipinski definition) is 4. The van der Waals surface area contributed by atoms with Crippen LogP contribution in [-0.4, -0.2) is 34.0 Å². The SMILES string of the molecule is O=C(O)C1CCC(CSc2ncccc2Br)O1. The molecule has 1 aliphatic rings. The Morgan fingerprint density at radius 3 is 3.12 bits per heavy atom. The van der Waals surface area contributed by atoms with Crippen molar-refractivity contribution < 1.29 is 14.6 Å². The van der Waals surface area contributed by atoms with E-state index in [1.54, 1.807) is 18.0 Å². The van der Waals surface area contributed by atoms with E-state index in [4.69, 9.17) is 9.84 Å². The van der Waals surface area contributed by atoms with Crippen LogP contribution in [0.15, 0.2) is 27.8 Å². The van der Waals surface area contributed by atoms with Gasteiger partial charge in [0.05, 0.1) is 6.10 Å². The molecule has 1 saturated heterocycles. The van der Waals surface area contributed by atoms with E-state index in [1.807, 2.05) is 12.1 Å². The molecule has 1 aromatic heterocycles. The molecule has 0 bridgehead atoms. The first kappa shape index (κ1) is 12.9. The lowest BCUT2D eigenvalue weighted by Gasteiger charge is -2.10. The molecular weight excluding hydrogens is 306 g/mol. The van der Waals surface area contributed by atoms with Gasteiger partial charge in [-0.05, 0) is 40.9 Å². The highest BCUT2D eigenvalue weighted by atomic mass is 79.9. The Morgan fingerprint density at radius 1 is 1.65 bits per heavy atom. The van der Waals surface area contributed by atoms with E-state index >= 15 is 0 Å². The summed E-state index contributed by atoms with van der Waals surface area (Å²) in [4.78, 5) is 15.0. The van der Waals surface area contributed by atoms with Gasteiger partial charge in [-0.1, -0.05) is 0 Å². The van der Waals surface area contributed by atoms with Crippen molar-refractivity contribution in [3.05, 3.63) is 22.8 Å². The van der Waals surface area contributed by atoms with Gasteiger partial charge in [0.25, 0.3) is 0 Å². The first-order valence-electron chi connectivity index (χ1n) is 5.28. The Morgan fingerprint density at radius 2 is 2.47 bits per heavy atom. The maximum Gasteiger partial charge on any atom is 0.332 e. The molecule has 0 aromatic carbocycles. The number of hydrogen-bond donors (Lipinski definition) is 1. The van der Waals surface area contributed by atoms with E-state index in [2.05, 4.69) is 20.9 Å². The monoisotopic (exact) mass is 317 g/mol. The van der Waals surface area contributed by atoms with Crippen molar-refractivity contribution in [2.45, 2.75) is 30.1 Å². The maximum atomic E-state index is 10.7. The van der Waals surface area contributed by atoms with Gasteiger partial charge >= 0.3 is 5.97 Å². The summed E-state index contributed by atoms with van der Waals surface area (Å²) in [5, 5.41) is 9.72. The Bertz CT molecular complexity index is 415. The minimum absolute atomic E-state index is 0.00926. The molecule has 2 unspecified atom stereocenters. The molecule has 0 aliphatic carbocycles. The van der Waals surface area contributed by atoms with Crippen molar-refractivity contribution in [3.8, 4) is 0 Å². The normalized spacial score (nSPS) is 23.8. The average molecular weight is 318 g/mol. The van der Waals surface area contributed by atoms with E-state index < -0.39 is 12.1 Å². The fourth-order valence-corrected chi connectivity index (χ4v) is 3.19. The van der Waals surface area contributed by atoms with Gasteiger partial charge in [-0.25, -0.2) is 9.78 Å². The predicted molar refractivity (Wildman–Crippen MR) is 68.2 cm³/mol. The predicted octanol–water partition coefficient (Wildman–Crippen LogP) is 2.57. The highest BCUT2D eigenvalue weighted by Gasteiger charge is 2.30. The molecule has 1 aromatic rings. The number of aliphatic carboxylic acids is 1. The van der Waals surface area contributed by atoms with Crippen molar-refractivity contribution in [2.75, 3.05) is 5.75 Å². The van der Waals surface area contributed by atoms with Gasteiger partial charge in [0.1, 0.15) is 5.03 Å². The second kappa shape index (κ2) is 5.84. The minimum Gasteiger partial charge on any atom is -0.479 e. The van der Waals surface area contributed by atoms with Gasteiger partial charge in [0, 0.05) is 16.4 Å². The third-order valence-electron chi connectivity index (χ3n) is 2.51. The van der Waals surface area contributed by atoms with E-state index in [-0.39, 0.29) is 6.10 Å². The summed E-state index contributed by atoms with van der Waals surface area (Å²) >= 11 is 5.00. The molecule has 2 heterocycles. The van der Waals surface area contributed by atoms with Crippen LogP contribution in [0.25, 0.3) is 0 Å². The molecule has 6 heteroatoms. The summed E-state index contributed by atoms with van der Waals surface area (Å²) in [5.74, 6) is -0.129. The zero-order valence-electron chi connectivity index (χ0n) is 9.01. The topological polar surface area (TPSA) is 59.4 Å². The Balaban J connectivity index is 1.84. The van der Waals surface area contributed by atoms with Crippen LogP contribution < -0.4 is 0 Å². The van der Waals surface area contributed by atoms with Crippen molar-refractivity contribution in [2.24, 2.45) is 0 Å². The van der Waals surface area contributed by atoms with Crippen LogP contribution in [0, 0.1) is 0 Å². The third-order valence-corrected chi connectivity index (χ3v) is 4.55. The number of aromatic nitrogens is 1. The Kier molecular flexibility index (Phi) is 4.42.